The van der Waals surface area contributed by atoms with Gasteiger partial charge in [-0.25, -0.2) is 0 Å². The van der Waals surface area contributed by atoms with Gasteiger partial charge in [-0.15, -0.1) is 0 Å². The van der Waals surface area contributed by atoms with Crippen molar-refractivity contribution < 1.29 is 40.3 Å². The minimum absolute atomic E-state index is 0.385. The molecule has 1 aromatic rings. The molecule has 0 saturated carbocycles. The van der Waals surface area contributed by atoms with Crippen molar-refractivity contribution in [2.75, 3.05) is 0 Å². The van der Waals surface area contributed by atoms with E-state index < -0.39 is 24.0 Å². The Kier molecular flexibility index (Phi) is 3.78. The predicted octanol–water partition coefficient (Wildman–Crippen LogP) is 3.31. The zero-order valence-electron chi connectivity index (χ0n) is 8.77. The van der Waals surface area contributed by atoms with Crippen molar-refractivity contribution in [2.24, 2.45) is 0 Å². The molecule has 0 atom stereocenters. The van der Waals surface area contributed by atoms with E-state index in [1.54, 1.807) is 0 Å². The van der Waals surface area contributed by atoms with Gasteiger partial charge in [-0.2, -0.15) is 30.7 Å². The number of hydrogen-bond acceptors (Lipinski definition) is 2. The fourth-order valence-corrected chi connectivity index (χ4v) is 1.06. The molecule has 0 aliphatic rings. The summed E-state index contributed by atoms with van der Waals surface area (Å²) in [6, 6.07) is 3.11. The zero-order chi connectivity index (χ0) is 14.9. The number of ether oxygens (including phenoxy) is 1. The molecule has 1 radical (unpaired) electrons. The lowest BCUT2D eigenvalue weighted by Gasteiger charge is -2.29. The lowest BCUT2D eigenvalue weighted by Crippen LogP contribution is -2.57. The molecule has 0 aromatic heterocycles. The molecule has 0 bridgehead atoms. The molecular formula is C10H4F7O2. The number of alkyl halides is 7. The van der Waals surface area contributed by atoms with Crippen molar-refractivity contribution in [1.82, 2.24) is 0 Å². The number of carbonyl (C=O) groups excluding carboxylic acids is 1. The van der Waals surface area contributed by atoms with E-state index >= 15 is 0 Å². The molecule has 1 rings (SSSR count). The highest BCUT2D eigenvalue weighted by Gasteiger charge is 2.76. The van der Waals surface area contributed by atoms with E-state index in [1.807, 2.05) is 0 Å². The highest BCUT2D eigenvalue weighted by atomic mass is 19.4. The number of hydrogen-bond donors (Lipinski definition) is 0. The van der Waals surface area contributed by atoms with E-state index in [0.717, 1.165) is 12.1 Å². The summed E-state index contributed by atoms with van der Waals surface area (Å²) in [6.07, 6.45) is -11.4. The molecule has 19 heavy (non-hydrogen) atoms. The molecule has 0 unspecified atom stereocenters. The van der Waals surface area contributed by atoms with Gasteiger partial charge in [0.25, 0.3) is 0 Å². The van der Waals surface area contributed by atoms with Crippen LogP contribution in [0.1, 0.15) is 5.56 Å². The van der Waals surface area contributed by atoms with Crippen molar-refractivity contribution in [3.05, 3.63) is 29.8 Å². The third-order valence-electron chi connectivity index (χ3n) is 1.94. The third-order valence-corrected chi connectivity index (χ3v) is 1.94. The minimum Gasteiger partial charge on any atom is -0.444 e. The zero-order valence-corrected chi connectivity index (χ0v) is 8.77. The molecule has 0 fully saturated rings. The van der Waals surface area contributed by atoms with Gasteiger partial charge in [0.05, 0.1) is 0 Å². The lowest BCUT2D eigenvalue weighted by molar-refractivity contribution is -0.405. The Hall–Kier alpha value is -1.80. The van der Waals surface area contributed by atoms with Gasteiger partial charge in [-0.3, -0.25) is 4.79 Å². The summed E-state index contributed by atoms with van der Waals surface area (Å²) in [4.78, 5) is 10.2. The molecule has 0 aliphatic carbocycles. The standard InChI is InChI=1S/C10H4F7O2/c11-8(9(12,13)14,10(15,16)17)19-7-3-1-2-6(4-7)5-18/h1-4H. The minimum atomic E-state index is -6.33. The van der Waals surface area contributed by atoms with E-state index in [0.29, 0.717) is 12.1 Å². The van der Waals surface area contributed by atoms with E-state index in [4.69, 9.17) is 0 Å². The summed E-state index contributed by atoms with van der Waals surface area (Å²) in [5, 5.41) is 0. The molecule has 0 spiro atoms. The topological polar surface area (TPSA) is 26.3 Å². The Morgan fingerprint density at radius 1 is 0.947 bits per heavy atom. The second kappa shape index (κ2) is 4.71. The van der Waals surface area contributed by atoms with Crippen molar-refractivity contribution in [1.29, 1.82) is 0 Å². The van der Waals surface area contributed by atoms with Gasteiger partial charge in [-0.1, -0.05) is 12.1 Å². The largest absolute Gasteiger partial charge is 0.470 e. The SMILES string of the molecule is O=[C]c1cccc(OC(F)(C(F)(F)F)C(F)(F)F)c1. The van der Waals surface area contributed by atoms with Gasteiger partial charge in [0.1, 0.15) is 5.75 Å². The van der Waals surface area contributed by atoms with Crippen molar-refractivity contribution >= 4 is 6.29 Å². The number of benzene rings is 1. The van der Waals surface area contributed by atoms with Crippen LogP contribution in [0.3, 0.4) is 0 Å². The second-order valence-electron chi connectivity index (χ2n) is 3.32. The highest BCUT2D eigenvalue weighted by Crippen LogP contribution is 2.47. The molecule has 105 valence electrons. The van der Waals surface area contributed by atoms with Gasteiger partial charge in [0, 0.05) is 5.56 Å². The average molecular weight is 289 g/mol. The highest BCUT2D eigenvalue weighted by molar-refractivity contribution is 5.75. The molecule has 0 N–H and O–H groups in total. The van der Waals surface area contributed by atoms with E-state index in [2.05, 4.69) is 4.74 Å². The van der Waals surface area contributed by atoms with Crippen LogP contribution in [0.15, 0.2) is 24.3 Å². The number of rotatable bonds is 3. The van der Waals surface area contributed by atoms with Crippen LogP contribution in [0.4, 0.5) is 30.7 Å². The second-order valence-corrected chi connectivity index (χ2v) is 3.32. The van der Waals surface area contributed by atoms with Crippen LogP contribution in [-0.2, 0) is 4.79 Å². The van der Waals surface area contributed by atoms with Gasteiger partial charge in [0.15, 0.2) is 0 Å². The first-order valence-electron chi connectivity index (χ1n) is 4.51. The molecule has 2 nitrogen and oxygen atoms in total. The maximum atomic E-state index is 13.2. The predicted molar refractivity (Wildman–Crippen MR) is 47.8 cm³/mol. The van der Waals surface area contributed by atoms with Crippen molar-refractivity contribution in [3.63, 3.8) is 0 Å². The monoisotopic (exact) mass is 289 g/mol. The molecule has 0 heterocycles. The first-order valence-corrected chi connectivity index (χ1v) is 4.51. The molecule has 0 amide bonds. The van der Waals surface area contributed by atoms with Crippen LogP contribution < -0.4 is 4.74 Å². The first-order chi connectivity index (χ1) is 8.51. The van der Waals surface area contributed by atoms with Crippen LogP contribution in [-0.4, -0.2) is 24.5 Å². The summed E-state index contributed by atoms with van der Waals surface area (Å²) in [6.45, 7) is 0. The molecule has 9 heteroatoms. The smallest absolute Gasteiger partial charge is 0.444 e. The molecule has 0 aliphatic heterocycles. The van der Waals surface area contributed by atoms with Gasteiger partial charge in [0.2, 0.25) is 6.29 Å². The van der Waals surface area contributed by atoms with Crippen LogP contribution in [0, 0.1) is 0 Å². The van der Waals surface area contributed by atoms with Gasteiger partial charge >= 0.3 is 18.2 Å². The maximum absolute atomic E-state index is 13.2. The fourth-order valence-electron chi connectivity index (χ4n) is 1.06. The maximum Gasteiger partial charge on any atom is 0.470 e. The summed E-state index contributed by atoms with van der Waals surface area (Å²) < 4.78 is 89.6. The van der Waals surface area contributed by atoms with Crippen LogP contribution in [0.25, 0.3) is 0 Å². The quantitative estimate of drug-likeness (QED) is 0.798. The summed E-state index contributed by atoms with van der Waals surface area (Å²) in [5.41, 5.74) is -0.385. The van der Waals surface area contributed by atoms with Crippen LogP contribution >= 0.6 is 0 Å². The Balaban J connectivity index is 3.19. The van der Waals surface area contributed by atoms with Crippen molar-refractivity contribution in [3.8, 4) is 5.75 Å². The number of halogens is 7. The molecular weight excluding hydrogens is 285 g/mol. The average Bonchev–Trinajstić information content (AvgIpc) is 2.26. The molecule has 1 aromatic carbocycles. The Morgan fingerprint density at radius 3 is 1.89 bits per heavy atom. The van der Waals surface area contributed by atoms with Crippen LogP contribution in [0.5, 0.6) is 5.75 Å². The third kappa shape index (κ3) is 2.96. The lowest BCUT2D eigenvalue weighted by atomic mass is 10.2. The van der Waals surface area contributed by atoms with Gasteiger partial charge in [-0.05, 0) is 12.1 Å². The van der Waals surface area contributed by atoms with E-state index in [-0.39, 0.29) is 5.56 Å². The molecule has 0 saturated heterocycles. The summed E-state index contributed by atoms with van der Waals surface area (Å²) in [7, 11) is 0. The van der Waals surface area contributed by atoms with Gasteiger partial charge < -0.3 is 4.74 Å². The Bertz CT molecular complexity index is 450. The van der Waals surface area contributed by atoms with E-state index in [1.165, 1.54) is 6.29 Å². The summed E-state index contributed by atoms with van der Waals surface area (Å²) in [5.74, 6) is -6.96. The first kappa shape index (κ1) is 15.3. The summed E-state index contributed by atoms with van der Waals surface area (Å²) >= 11 is 0. The van der Waals surface area contributed by atoms with Crippen LogP contribution in [0.2, 0.25) is 0 Å². The Labute approximate surface area is 101 Å². The van der Waals surface area contributed by atoms with E-state index in [9.17, 15) is 35.5 Å². The Morgan fingerprint density at radius 2 is 1.47 bits per heavy atom. The normalized spacial score (nSPS) is 13.2. The fraction of sp³-hybridized carbons (Fsp3) is 0.300. The van der Waals surface area contributed by atoms with Crippen molar-refractivity contribution in [2.45, 2.75) is 18.2 Å².